The molecule has 0 spiro atoms. The molecule has 0 bridgehead atoms. The number of hydrogen-bond donors (Lipinski definition) is 0. The fourth-order valence-electron chi connectivity index (χ4n) is 4.35. The monoisotopic (exact) mass is 349 g/mol. The van der Waals surface area contributed by atoms with Gasteiger partial charge >= 0.3 is 0 Å². The highest BCUT2D eigenvalue weighted by molar-refractivity contribution is 5.81. The minimum absolute atomic E-state index is 0.585. The number of nitrogens with zero attached hydrogens (tertiary/aromatic N) is 5. The minimum atomic E-state index is 0.585. The van der Waals surface area contributed by atoms with Crippen LogP contribution in [-0.2, 0) is 13.0 Å². The summed E-state index contributed by atoms with van der Waals surface area (Å²) in [5.74, 6) is 1.55. The van der Waals surface area contributed by atoms with E-state index in [0.717, 1.165) is 43.8 Å². The number of piperidine rings is 1. The lowest BCUT2D eigenvalue weighted by Gasteiger charge is -2.41. The van der Waals surface area contributed by atoms with Crippen LogP contribution >= 0.6 is 0 Å². The highest BCUT2D eigenvalue weighted by atomic mass is 16.4. The Morgan fingerprint density at radius 2 is 1.85 bits per heavy atom. The standard InChI is InChI=1S/C20H23N5O/c1-14-23-18-19(21-13-22-20(18)26-14)24-10-7-17(8-11-24)25-9-6-15-4-2-3-5-16(15)12-25/h2-5,13,17H,6-12H2,1H3. The largest absolute Gasteiger partial charge is 0.422 e. The Bertz CT molecular complexity index is 929. The number of rotatable bonds is 2. The molecule has 6 nitrogen and oxygen atoms in total. The lowest BCUT2D eigenvalue weighted by molar-refractivity contribution is 0.153. The summed E-state index contributed by atoms with van der Waals surface area (Å²) in [6, 6.07) is 9.51. The number of hydrogen-bond acceptors (Lipinski definition) is 6. The molecule has 1 aromatic carbocycles. The molecule has 0 aliphatic carbocycles. The van der Waals surface area contributed by atoms with Crippen LogP contribution in [-0.4, -0.2) is 45.5 Å². The van der Waals surface area contributed by atoms with E-state index in [1.807, 2.05) is 6.92 Å². The van der Waals surface area contributed by atoms with Crippen molar-refractivity contribution in [1.29, 1.82) is 0 Å². The SMILES string of the molecule is Cc1nc2c(N3CCC(N4CCc5ccccc5C4)CC3)ncnc2o1. The Morgan fingerprint density at radius 3 is 2.69 bits per heavy atom. The summed E-state index contributed by atoms with van der Waals surface area (Å²) in [6.07, 6.45) is 5.06. The third-order valence-corrected chi connectivity index (χ3v) is 5.72. The van der Waals surface area contributed by atoms with Gasteiger partial charge in [0.25, 0.3) is 5.71 Å². The van der Waals surface area contributed by atoms with Crippen molar-refractivity contribution in [3.63, 3.8) is 0 Å². The fraction of sp³-hybridized carbons (Fsp3) is 0.450. The van der Waals surface area contributed by atoms with Gasteiger partial charge in [0.05, 0.1) is 0 Å². The predicted molar refractivity (Wildman–Crippen MR) is 100 cm³/mol. The molecule has 1 fully saturated rings. The second-order valence-corrected chi connectivity index (χ2v) is 7.29. The van der Waals surface area contributed by atoms with E-state index in [1.54, 1.807) is 6.33 Å². The quantitative estimate of drug-likeness (QED) is 0.709. The highest BCUT2D eigenvalue weighted by Crippen LogP contribution is 2.29. The molecule has 0 amide bonds. The van der Waals surface area contributed by atoms with Gasteiger partial charge in [0, 0.05) is 39.1 Å². The van der Waals surface area contributed by atoms with Gasteiger partial charge in [-0.1, -0.05) is 24.3 Å². The summed E-state index contributed by atoms with van der Waals surface area (Å²) in [7, 11) is 0. The summed E-state index contributed by atoms with van der Waals surface area (Å²) in [5, 5.41) is 0. The first-order valence-electron chi connectivity index (χ1n) is 9.42. The number of fused-ring (bicyclic) bond motifs is 2. The fourth-order valence-corrected chi connectivity index (χ4v) is 4.35. The van der Waals surface area contributed by atoms with E-state index in [0.29, 0.717) is 17.6 Å². The third kappa shape index (κ3) is 2.74. The Morgan fingerprint density at radius 1 is 1.04 bits per heavy atom. The summed E-state index contributed by atoms with van der Waals surface area (Å²) >= 11 is 0. The Hall–Kier alpha value is -2.47. The smallest absolute Gasteiger partial charge is 0.252 e. The van der Waals surface area contributed by atoms with E-state index in [-0.39, 0.29) is 0 Å². The van der Waals surface area contributed by atoms with Gasteiger partial charge in [-0.25, -0.2) is 9.97 Å². The molecule has 2 aliphatic rings. The molecule has 0 N–H and O–H groups in total. The van der Waals surface area contributed by atoms with E-state index >= 15 is 0 Å². The second kappa shape index (κ2) is 6.36. The Kier molecular flexibility index (Phi) is 3.85. The van der Waals surface area contributed by atoms with E-state index in [9.17, 15) is 0 Å². The molecule has 2 aromatic heterocycles. The van der Waals surface area contributed by atoms with Gasteiger partial charge in [0.2, 0.25) is 0 Å². The first-order valence-corrected chi connectivity index (χ1v) is 9.42. The van der Waals surface area contributed by atoms with E-state index in [4.69, 9.17) is 4.42 Å². The zero-order chi connectivity index (χ0) is 17.5. The topological polar surface area (TPSA) is 58.3 Å². The normalized spacial score (nSPS) is 19.0. The molecule has 0 saturated carbocycles. The molecule has 0 unspecified atom stereocenters. The number of benzene rings is 1. The third-order valence-electron chi connectivity index (χ3n) is 5.72. The van der Waals surface area contributed by atoms with Crippen molar-refractivity contribution in [1.82, 2.24) is 19.9 Å². The molecule has 6 heteroatoms. The molecule has 0 radical (unpaired) electrons. The highest BCUT2D eigenvalue weighted by Gasteiger charge is 2.28. The maximum absolute atomic E-state index is 5.55. The molecule has 3 aromatic rings. The molecule has 134 valence electrons. The number of anilines is 1. The molecule has 2 aliphatic heterocycles. The van der Waals surface area contributed by atoms with Gasteiger partial charge in [-0.2, -0.15) is 4.98 Å². The van der Waals surface area contributed by atoms with Crippen LogP contribution in [0.1, 0.15) is 29.9 Å². The van der Waals surface area contributed by atoms with Crippen molar-refractivity contribution >= 4 is 17.0 Å². The van der Waals surface area contributed by atoms with Gasteiger partial charge in [0.1, 0.15) is 6.33 Å². The Balaban J connectivity index is 1.29. The van der Waals surface area contributed by atoms with Crippen LogP contribution in [0.4, 0.5) is 5.82 Å². The van der Waals surface area contributed by atoms with Crippen LogP contribution in [0.5, 0.6) is 0 Å². The Labute approximate surface area is 152 Å². The molecule has 5 rings (SSSR count). The van der Waals surface area contributed by atoms with Crippen molar-refractivity contribution in [3.05, 3.63) is 47.6 Å². The van der Waals surface area contributed by atoms with Gasteiger partial charge < -0.3 is 9.32 Å². The summed E-state index contributed by atoms with van der Waals surface area (Å²) in [4.78, 5) is 18.2. The van der Waals surface area contributed by atoms with E-state index in [1.165, 1.54) is 24.1 Å². The van der Waals surface area contributed by atoms with Gasteiger partial charge in [-0.3, -0.25) is 4.90 Å². The number of aromatic nitrogens is 3. The van der Waals surface area contributed by atoms with Gasteiger partial charge in [-0.15, -0.1) is 0 Å². The maximum atomic E-state index is 5.55. The molecule has 1 saturated heterocycles. The predicted octanol–water partition coefficient (Wildman–Crippen LogP) is 2.95. The van der Waals surface area contributed by atoms with Crippen molar-refractivity contribution < 1.29 is 4.42 Å². The van der Waals surface area contributed by atoms with Gasteiger partial charge in [0.15, 0.2) is 17.2 Å². The zero-order valence-electron chi connectivity index (χ0n) is 15.1. The van der Waals surface area contributed by atoms with Crippen molar-refractivity contribution in [3.8, 4) is 0 Å². The number of oxazole rings is 1. The van der Waals surface area contributed by atoms with E-state index in [2.05, 4.69) is 49.0 Å². The van der Waals surface area contributed by atoms with E-state index < -0.39 is 0 Å². The average Bonchev–Trinajstić information content (AvgIpc) is 3.08. The van der Waals surface area contributed by atoms with Crippen LogP contribution in [0.25, 0.3) is 11.2 Å². The zero-order valence-corrected chi connectivity index (χ0v) is 15.1. The number of aryl methyl sites for hydroxylation is 1. The maximum Gasteiger partial charge on any atom is 0.252 e. The van der Waals surface area contributed by atoms with Crippen LogP contribution in [0.15, 0.2) is 35.0 Å². The second-order valence-electron chi connectivity index (χ2n) is 7.29. The van der Waals surface area contributed by atoms with Crippen LogP contribution in [0, 0.1) is 6.92 Å². The molecule has 4 heterocycles. The van der Waals surface area contributed by atoms with Crippen molar-refractivity contribution in [2.75, 3.05) is 24.5 Å². The van der Waals surface area contributed by atoms with Crippen molar-refractivity contribution in [2.45, 2.75) is 38.8 Å². The summed E-state index contributed by atoms with van der Waals surface area (Å²) in [6.45, 7) is 6.11. The molecular weight excluding hydrogens is 326 g/mol. The van der Waals surface area contributed by atoms with Crippen LogP contribution in [0.3, 0.4) is 0 Å². The lowest BCUT2D eigenvalue weighted by Crippen LogP contribution is -2.46. The average molecular weight is 349 g/mol. The summed E-state index contributed by atoms with van der Waals surface area (Å²) in [5.41, 5.74) is 4.39. The van der Waals surface area contributed by atoms with Crippen molar-refractivity contribution in [2.24, 2.45) is 0 Å². The van der Waals surface area contributed by atoms with Crippen LogP contribution in [0.2, 0.25) is 0 Å². The molecule has 26 heavy (non-hydrogen) atoms. The summed E-state index contributed by atoms with van der Waals surface area (Å²) < 4.78 is 5.55. The first kappa shape index (κ1) is 15.8. The molecule has 0 atom stereocenters. The lowest BCUT2D eigenvalue weighted by atomic mass is 9.95. The first-order chi connectivity index (χ1) is 12.8. The van der Waals surface area contributed by atoms with Gasteiger partial charge in [-0.05, 0) is 30.4 Å². The van der Waals surface area contributed by atoms with Crippen LogP contribution < -0.4 is 4.90 Å². The minimum Gasteiger partial charge on any atom is -0.422 e. The molecular formula is C20H23N5O.